The number of rotatable bonds is 6. The molecular weight excluding hydrogens is 364 g/mol. The minimum Gasteiger partial charge on any atom is -0.366 e. The summed E-state index contributed by atoms with van der Waals surface area (Å²) in [7, 11) is 0. The highest BCUT2D eigenvalue weighted by atomic mass is 16.2. The molecule has 1 aliphatic heterocycles. The van der Waals surface area contributed by atoms with E-state index < -0.39 is 0 Å². The van der Waals surface area contributed by atoms with Gasteiger partial charge in [0, 0.05) is 57.7 Å². The third-order valence-corrected chi connectivity index (χ3v) is 5.02. The summed E-state index contributed by atoms with van der Waals surface area (Å²) in [6.07, 6.45) is 4.94. The normalized spacial score (nSPS) is 14.6. The molecule has 0 bridgehead atoms. The Morgan fingerprint density at radius 2 is 1.69 bits per heavy atom. The van der Waals surface area contributed by atoms with Crippen LogP contribution < -0.4 is 5.32 Å². The zero-order valence-electron chi connectivity index (χ0n) is 16.2. The Hall–Kier alpha value is -3.32. The van der Waals surface area contributed by atoms with Crippen LogP contribution in [0.3, 0.4) is 0 Å². The van der Waals surface area contributed by atoms with E-state index in [1.54, 1.807) is 18.5 Å². The Kier molecular flexibility index (Phi) is 6.07. The highest BCUT2D eigenvalue weighted by molar-refractivity contribution is 5.93. The number of nitrogens with one attached hydrogen (secondary N) is 1. The molecule has 0 unspecified atom stereocenters. The van der Waals surface area contributed by atoms with Gasteiger partial charge >= 0.3 is 0 Å². The van der Waals surface area contributed by atoms with Crippen molar-refractivity contribution >= 4 is 11.7 Å². The minimum atomic E-state index is -0.0428. The first kappa shape index (κ1) is 19.0. The Labute approximate surface area is 170 Å². The number of hydrogen-bond acceptors (Lipinski definition) is 6. The summed E-state index contributed by atoms with van der Waals surface area (Å²) >= 11 is 0. The maximum atomic E-state index is 12.9. The lowest BCUT2D eigenvalue weighted by atomic mass is 10.2. The van der Waals surface area contributed by atoms with Crippen LogP contribution in [0.1, 0.15) is 21.6 Å². The van der Waals surface area contributed by atoms with Crippen LogP contribution in [-0.2, 0) is 13.1 Å². The maximum absolute atomic E-state index is 12.9. The van der Waals surface area contributed by atoms with Crippen LogP contribution >= 0.6 is 0 Å². The fourth-order valence-corrected chi connectivity index (χ4v) is 3.38. The van der Waals surface area contributed by atoms with Crippen LogP contribution in [0, 0.1) is 0 Å². The largest absolute Gasteiger partial charge is 0.366 e. The Morgan fingerprint density at radius 3 is 2.45 bits per heavy atom. The molecule has 0 atom stereocenters. The second kappa shape index (κ2) is 9.25. The standard InChI is InChI=1S/C22H24N6O/c29-22(28-12-10-27(11-13-28)16-19-4-2-1-3-5-19)20-14-21(26-17-25-20)24-15-18-6-8-23-9-7-18/h1-9,14,17H,10-13,15-16H2,(H,24,25,26). The van der Waals surface area contributed by atoms with Crippen LogP contribution in [-0.4, -0.2) is 56.8 Å². The van der Waals surface area contributed by atoms with Crippen LogP contribution in [0.25, 0.3) is 0 Å². The molecule has 1 aromatic carbocycles. The molecule has 3 heterocycles. The summed E-state index contributed by atoms with van der Waals surface area (Å²) in [5.74, 6) is 0.599. The van der Waals surface area contributed by atoms with Gasteiger partial charge in [0.1, 0.15) is 17.8 Å². The Bertz CT molecular complexity index is 926. The van der Waals surface area contributed by atoms with Gasteiger partial charge in [0.15, 0.2) is 0 Å². The summed E-state index contributed by atoms with van der Waals surface area (Å²) in [6, 6.07) is 16.0. The molecule has 4 rings (SSSR count). The summed E-state index contributed by atoms with van der Waals surface area (Å²) in [5, 5.41) is 3.24. The van der Waals surface area contributed by atoms with Gasteiger partial charge in [-0.2, -0.15) is 0 Å². The number of piperazine rings is 1. The number of carbonyl (C=O) groups is 1. The van der Waals surface area contributed by atoms with Gasteiger partial charge in [0.25, 0.3) is 5.91 Å². The van der Waals surface area contributed by atoms with Crippen molar-refractivity contribution in [2.24, 2.45) is 0 Å². The van der Waals surface area contributed by atoms with Crippen molar-refractivity contribution in [3.8, 4) is 0 Å². The first-order chi connectivity index (χ1) is 14.3. The van der Waals surface area contributed by atoms with Crippen LogP contribution in [0.15, 0.2) is 67.3 Å². The van der Waals surface area contributed by atoms with Crippen molar-refractivity contribution in [3.05, 3.63) is 84.1 Å². The molecule has 1 saturated heterocycles. The second-order valence-corrected chi connectivity index (χ2v) is 7.05. The molecule has 1 aliphatic rings. The zero-order valence-corrected chi connectivity index (χ0v) is 16.2. The summed E-state index contributed by atoms with van der Waals surface area (Å²) in [5.41, 5.74) is 2.82. The number of anilines is 1. The quantitative estimate of drug-likeness (QED) is 0.699. The average Bonchev–Trinajstić information content (AvgIpc) is 2.79. The number of amides is 1. The third-order valence-electron chi connectivity index (χ3n) is 5.02. The van der Waals surface area contributed by atoms with E-state index in [4.69, 9.17) is 0 Å². The van der Waals surface area contributed by atoms with Gasteiger partial charge in [-0.1, -0.05) is 30.3 Å². The molecule has 1 amide bonds. The van der Waals surface area contributed by atoms with Gasteiger partial charge in [-0.25, -0.2) is 9.97 Å². The van der Waals surface area contributed by atoms with Crippen LogP contribution in [0.2, 0.25) is 0 Å². The first-order valence-corrected chi connectivity index (χ1v) is 9.78. The number of carbonyl (C=O) groups excluding carboxylic acids is 1. The van der Waals surface area contributed by atoms with E-state index in [2.05, 4.69) is 49.4 Å². The molecule has 3 aromatic rings. The fraction of sp³-hybridized carbons (Fsp3) is 0.273. The molecule has 7 heteroatoms. The molecule has 0 spiro atoms. The van der Waals surface area contributed by atoms with Gasteiger partial charge in [-0.3, -0.25) is 14.7 Å². The highest BCUT2D eigenvalue weighted by Crippen LogP contribution is 2.13. The minimum absolute atomic E-state index is 0.0428. The molecule has 148 valence electrons. The molecular formula is C22H24N6O. The van der Waals surface area contributed by atoms with E-state index in [1.807, 2.05) is 23.1 Å². The van der Waals surface area contributed by atoms with Crippen molar-refractivity contribution in [1.82, 2.24) is 24.8 Å². The predicted molar refractivity (Wildman–Crippen MR) is 111 cm³/mol. The monoisotopic (exact) mass is 388 g/mol. The number of aromatic nitrogens is 3. The third kappa shape index (κ3) is 5.14. The predicted octanol–water partition coefficient (Wildman–Crippen LogP) is 2.44. The van der Waals surface area contributed by atoms with Gasteiger partial charge in [-0.15, -0.1) is 0 Å². The molecule has 29 heavy (non-hydrogen) atoms. The van der Waals surface area contributed by atoms with Crippen LogP contribution in [0.4, 0.5) is 5.82 Å². The smallest absolute Gasteiger partial charge is 0.272 e. The van der Waals surface area contributed by atoms with Crippen molar-refractivity contribution in [1.29, 1.82) is 0 Å². The second-order valence-electron chi connectivity index (χ2n) is 7.05. The van der Waals surface area contributed by atoms with Crippen molar-refractivity contribution in [3.63, 3.8) is 0 Å². The summed E-state index contributed by atoms with van der Waals surface area (Å²) in [6.45, 7) is 4.66. The molecule has 1 N–H and O–H groups in total. The molecule has 7 nitrogen and oxygen atoms in total. The van der Waals surface area contributed by atoms with Gasteiger partial charge in [0.2, 0.25) is 0 Å². The molecule has 0 aliphatic carbocycles. The van der Waals surface area contributed by atoms with E-state index in [0.717, 1.165) is 25.2 Å². The van der Waals surface area contributed by atoms with E-state index in [-0.39, 0.29) is 5.91 Å². The van der Waals surface area contributed by atoms with Crippen molar-refractivity contribution in [2.75, 3.05) is 31.5 Å². The first-order valence-electron chi connectivity index (χ1n) is 9.78. The van der Waals surface area contributed by atoms with Gasteiger partial charge in [0.05, 0.1) is 0 Å². The van der Waals surface area contributed by atoms with Crippen molar-refractivity contribution < 1.29 is 4.79 Å². The summed E-state index contributed by atoms with van der Waals surface area (Å²) < 4.78 is 0. The van der Waals surface area contributed by atoms with E-state index in [1.165, 1.54) is 11.9 Å². The lowest BCUT2D eigenvalue weighted by molar-refractivity contribution is 0.0622. The SMILES string of the molecule is O=C(c1cc(NCc2ccncc2)ncn1)N1CCN(Cc2ccccc2)CC1. The lowest BCUT2D eigenvalue weighted by Crippen LogP contribution is -2.48. The van der Waals surface area contributed by atoms with Gasteiger partial charge in [-0.05, 0) is 23.3 Å². The maximum Gasteiger partial charge on any atom is 0.272 e. The molecule has 1 fully saturated rings. The highest BCUT2D eigenvalue weighted by Gasteiger charge is 2.23. The number of benzene rings is 1. The molecule has 0 radical (unpaired) electrons. The lowest BCUT2D eigenvalue weighted by Gasteiger charge is -2.34. The topological polar surface area (TPSA) is 74.2 Å². The average molecular weight is 388 g/mol. The van der Waals surface area contributed by atoms with Crippen molar-refractivity contribution in [2.45, 2.75) is 13.1 Å². The Morgan fingerprint density at radius 1 is 0.931 bits per heavy atom. The number of pyridine rings is 1. The van der Waals surface area contributed by atoms with E-state index >= 15 is 0 Å². The van der Waals surface area contributed by atoms with E-state index in [0.29, 0.717) is 31.1 Å². The number of hydrogen-bond donors (Lipinski definition) is 1. The Balaban J connectivity index is 1.31. The number of nitrogens with zero attached hydrogens (tertiary/aromatic N) is 5. The zero-order chi connectivity index (χ0) is 19.9. The van der Waals surface area contributed by atoms with Gasteiger partial charge < -0.3 is 10.2 Å². The summed E-state index contributed by atoms with van der Waals surface area (Å²) in [4.78, 5) is 29.5. The molecule has 0 saturated carbocycles. The molecule has 2 aromatic heterocycles. The fourth-order valence-electron chi connectivity index (χ4n) is 3.38. The van der Waals surface area contributed by atoms with Crippen LogP contribution in [0.5, 0.6) is 0 Å². The van der Waals surface area contributed by atoms with E-state index in [9.17, 15) is 4.79 Å².